The molecule has 1 N–H and O–H groups in total. The van der Waals surface area contributed by atoms with E-state index in [1.54, 1.807) is 0 Å². The topological polar surface area (TPSA) is 52.7 Å². The lowest BCUT2D eigenvalue weighted by atomic mass is 10.1. The van der Waals surface area contributed by atoms with Gasteiger partial charge in [-0.25, -0.2) is 0 Å². The Labute approximate surface area is 145 Å². The SMILES string of the molecule is Cc1ccccc1CC(=O)NCC[C@@H]1CCC(=O)N1CCN(C)C. The molecular weight excluding hydrogens is 302 g/mol. The van der Waals surface area contributed by atoms with E-state index in [0.29, 0.717) is 19.4 Å². The third kappa shape index (κ3) is 5.34. The van der Waals surface area contributed by atoms with Crippen LogP contribution >= 0.6 is 0 Å². The van der Waals surface area contributed by atoms with Crippen LogP contribution in [0.5, 0.6) is 0 Å². The molecule has 1 aliphatic rings. The van der Waals surface area contributed by atoms with Crippen molar-refractivity contribution in [2.24, 2.45) is 0 Å². The van der Waals surface area contributed by atoms with Gasteiger partial charge in [0.2, 0.25) is 11.8 Å². The van der Waals surface area contributed by atoms with Gasteiger partial charge in [0.05, 0.1) is 6.42 Å². The van der Waals surface area contributed by atoms with E-state index >= 15 is 0 Å². The minimum Gasteiger partial charge on any atom is -0.356 e. The average molecular weight is 331 g/mol. The van der Waals surface area contributed by atoms with E-state index in [1.807, 2.05) is 50.2 Å². The summed E-state index contributed by atoms with van der Waals surface area (Å²) in [6.07, 6.45) is 2.79. The van der Waals surface area contributed by atoms with Crippen molar-refractivity contribution in [1.82, 2.24) is 15.1 Å². The second-order valence-electron chi connectivity index (χ2n) is 6.82. The van der Waals surface area contributed by atoms with Crippen LogP contribution in [0.4, 0.5) is 0 Å². The van der Waals surface area contributed by atoms with Crippen LogP contribution in [0.3, 0.4) is 0 Å². The van der Waals surface area contributed by atoms with Crippen molar-refractivity contribution < 1.29 is 9.59 Å². The molecule has 0 saturated carbocycles. The fourth-order valence-corrected chi connectivity index (χ4v) is 3.13. The predicted molar refractivity (Wildman–Crippen MR) is 95.8 cm³/mol. The summed E-state index contributed by atoms with van der Waals surface area (Å²) >= 11 is 0. The van der Waals surface area contributed by atoms with Gasteiger partial charge in [-0.1, -0.05) is 24.3 Å². The number of hydrogen-bond donors (Lipinski definition) is 1. The molecule has 0 bridgehead atoms. The number of aryl methyl sites for hydroxylation is 1. The quantitative estimate of drug-likeness (QED) is 0.787. The number of rotatable bonds is 8. The number of benzene rings is 1. The zero-order valence-electron chi connectivity index (χ0n) is 15.0. The average Bonchev–Trinajstić information content (AvgIpc) is 2.88. The second kappa shape index (κ2) is 8.83. The Balaban J connectivity index is 1.75. The molecule has 132 valence electrons. The van der Waals surface area contributed by atoms with E-state index in [2.05, 4.69) is 10.2 Å². The number of hydrogen-bond acceptors (Lipinski definition) is 3. The van der Waals surface area contributed by atoms with Crippen LogP contribution in [-0.4, -0.2) is 61.4 Å². The zero-order chi connectivity index (χ0) is 17.5. The molecule has 5 nitrogen and oxygen atoms in total. The maximum absolute atomic E-state index is 12.1. The Kier molecular flexibility index (Phi) is 6.79. The Morgan fingerprint density at radius 2 is 2.08 bits per heavy atom. The van der Waals surface area contributed by atoms with Gasteiger partial charge in [-0.3, -0.25) is 9.59 Å². The van der Waals surface area contributed by atoms with Crippen molar-refractivity contribution in [1.29, 1.82) is 0 Å². The van der Waals surface area contributed by atoms with E-state index < -0.39 is 0 Å². The molecule has 1 aromatic carbocycles. The lowest BCUT2D eigenvalue weighted by molar-refractivity contribution is -0.129. The summed E-state index contributed by atoms with van der Waals surface area (Å²) in [4.78, 5) is 28.2. The summed E-state index contributed by atoms with van der Waals surface area (Å²) in [5.74, 6) is 0.293. The van der Waals surface area contributed by atoms with E-state index in [-0.39, 0.29) is 17.9 Å². The molecule has 2 rings (SSSR count). The summed E-state index contributed by atoms with van der Waals surface area (Å²) in [7, 11) is 4.03. The largest absolute Gasteiger partial charge is 0.356 e. The van der Waals surface area contributed by atoms with Gasteiger partial charge < -0.3 is 15.1 Å². The number of likely N-dealkylation sites (tertiary alicyclic amines) is 1. The molecule has 5 heteroatoms. The smallest absolute Gasteiger partial charge is 0.224 e. The summed E-state index contributed by atoms with van der Waals surface area (Å²) < 4.78 is 0. The minimum absolute atomic E-state index is 0.0495. The fourth-order valence-electron chi connectivity index (χ4n) is 3.13. The lowest BCUT2D eigenvalue weighted by Crippen LogP contribution is -2.40. The molecule has 24 heavy (non-hydrogen) atoms. The van der Waals surface area contributed by atoms with E-state index in [0.717, 1.165) is 37.1 Å². The van der Waals surface area contributed by atoms with Crippen LogP contribution in [-0.2, 0) is 16.0 Å². The summed E-state index contributed by atoms with van der Waals surface area (Å²) in [6.45, 7) is 4.30. The first kappa shape index (κ1) is 18.5. The summed E-state index contributed by atoms with van der Waals surface area (Å²) in [6, 6.07) is 8.22. The van der Waals surface area contributed by atoms with Crippen LogP contribution in [0.25, 0.3) is 0 Å². The number of likely N-dealkylation sites (N-methyl/N-ethyl adjacent to an activating group) is 1. The van der Waals surface area contributed by atoms with Gasteiger partial charge in [0.25, 0.3) is 0 Å². The maximum Gasteiger partial charge on any atom is 0.224 e. The van der Waals surface area contributed by atoms with Crippen molar-refractivity contribution in [2.45, 2.75) is 38.6 Å². The molecule has 1 fully saturated rings. The Morgan fingerprint density at radius 1 is 1.33 bits per heavy atom. The normalized spacial score (nSPS) is 17.6. The molecule has 0 aromatic heterocycles. The van der Waals surface area contributed by atoms with E-state index in [1.165, 1.54) is 0 Å². The molecular formula is C19H29N3O2. The van der Waals surface area contributed by atoms with Crippen LogP contribution in [0.15, 0.2) is 24.3 Å². The highest BCUT2D eigenvalue weighted by molar-refractivity contribution is 5.79. The zero-order valence-corrected chi connectivity index (χ0v) is 15.0. The maximum atomic E-state index is 12.1. The van der Waals surface area contributed by atoms with Gasteiger partial charge in [0.15, 0.2) is 0 Å². The van der Waals surface area contributed by atoms with Gasteiger partial charge in [-0.05, 0) is 45.0 Å². The minimum atomic E-state index is 0.0495. The van der Waals surface area contributed by atoms with Crippen LogP contribution in [0.2, 0.25) is 0 Å². The molecule has 0 aliphatic carbocycles. The predicted octanol–water partition coefficient (Wildman–Crippen LogP) is 1.60. The molecule has 2 amide bonds. The first-order valence-corrected chi connectivity index (χ1v) is 8.72. The highest BCUT2D eigenvalue weighted by Gasteiger charge is 2.30. The summed E-state index contributed by atoms with van der Waals surface area (Å²) in [5, 5.41) is 3.00. The van der Waals surface area contributed by atoms with E-state index in [4.69, 9.17) is 0 Å². The van der Waals surface area contributed by atoms with Crippen molar-refractivity contribution in [2.75, 3.05) is 33.7 Å². The van der Waals surface area contributed by atoms with Crippen molar-refractivity contribution in [3.63, 3.8) is 0 Å². The Hall–Kier alpha value is -1.88. The first-order chi connectivity index (χ1) is 11.5. The van der Waals surface area contributed by atoms with Crippen LogP contribution in [0.1, 0.15) is 30.4 Å². The van der Waals surface area contributed by atoms with Gasteiger partial charge in [-0.15, -0.1) is 0 Å². The molecule has 1 atom stereocenters. The number of carbonyl (C=O) groups is 2. The summed E-state index contributed by atoms with van der Waals surface area (Å²) in [5.41, 5.74) is 2.21. The molecule has 0 unspecified atom stereocenters. The third-order valence-corrected chi connectivity index (χ3v) is 4.65. The third-order valence-electron chi connectivity index (χ3n) is 4.65. The monoisotopic (exact) mass is 331 g/mol. The number of nitrogens with one attached hydrogen (secondary N) is 1. The second-order valence-corrected chi connectivity index (χ2v) is 6.82. The fraction of sp³-hybridized carbons (Fsp3) is 0.579. The molecule has 0 radical (unpaired) electrons. The van der Waals surface area contributed by atoms with Crippen molar-refractivity contribution in [3.8, 4) is 0 Å². The van der Waals surface area contributed by atoms with Crippen LogP contribution in [0, 0.1) is 6.92 Å². The number of nitrogens with zero attached hydrogens (tertiary/aromatic N) is 2. The standard InChI is InChI=1S/C19H29N3O2/c1-15-6-4-5-7-16(15)14-18(23)20-11-10-17-8-9-19(24)22(17)13-12-21(2)3/h4-7,17H,8-14H2,1-3H3,(H,20,23)/t17-/m0/s1. The van der Waals surface area contributed by atoms with Gasteiger partial charge in [-0.2, -0.15) is 0 Å². The molecule has 1 heterocycles. The Morgan fingerprint density at radius 3 is 2.79 bits per heavy atom. The van der Waals surface area contributed by atoms with Crippen molar-refractivity contribution in [3.05, 3.63) is 35.4 Å². The molecule has 1 saturated heterocycles. The van der Waals surface area contributed by atoms with Crippen LogP contribution < -0.4 is 5.32 Å². The highest BCUT2D eigenvalue weighted by atomic mass is 16.2. The molecule has 1 aliphatic heterocycles. The molecule has 1 aromatic rings. The lowest BCUT2D eigenvalue weighted by Gasteiger charge is -2.26. The Bertz CT molecular complexity index is 571. The first-order valence-electron chi connectivity index (χ1n) is 8.72. The van der Waals surface area contributed by atoms with Gasteiger partial charge in [0, 0.05) is 32.1 Å². The number of amides is 2. The highest BCUT2D eigenvalue weighted by Crippen LogP contribution is 2.20. The van der Waals surface area contributed by atoms with Gasteiger partial charge >= 0.3 is 0 Å². The molecule has 0 spiro atoms. The van der Waals surface area contributed by atoms with E-state index in [9.17, 15) is 9.59 Å². The number of carbonyl (C=O) groups excluding carboxylic acids is 2. The van der Waals surface area contributed by atoms with Gasteiger partial charge in [0.1, 0.15) is 0 Å². The van der Waals surface area contributed by atoms with Crippen molar-refractivity contribution >= 4 is 11.8 Å².